The van der Waals surface area contributed by atoms with Crippen molar-refractivity contribution in [3.8, 4) is 0 Å². The standard InChI is InChI=1S/C34H64N4O2.2ClH/c1-3-5-7-9-11-13-15-17-19-23-35-25-27-37(31-35)33-39-29-21-22-30-40-34-38-28-26-36(32-38)24-20-18-16-14-12-10-8-6-4-2;;/h25-28,31-32H,3-24,29-30,33-34H2,1-2H3;2*1H/q+2;;/p-2. The molecule has 2 aromatic heterocycles. The first-order valence-electron chi connectivity index (χ1n) is 17.1. The van der Waals surface area contributed by atoms with Crippen LogP contribution >= 0.6 is 0 Å². The van der Waals surface area contributed by atoms with Gasteiger partial charge in [-0.25, -0.2) is 18.3 Å². The number of ether oxygens (including phenoxy) is 2. The minimum absolute atomic E-state index is 0. The largest absolute Gasteiger partial charge is 1.00 e. The lowest BCUT2D eigenvalue weighted by Gasteiger charge is -2.03. The summed E-state index contributed by atoms with van der Waals surface area (Å²) in [5.74, 6) is 0. The van der Waals surface area contributed by atoms with Gasteiger partial charge >= 0.3 is 0 Å². The van der Waals surface area contributed by atoms with E-state index >= 15 is 0 Å². The summed E-state index contributed by atoms with van der Waals surface area (Å²) in [5.41, 5.74) is 0. The van der Waals surface area contributed by atoms with Gasteiger partial charge in [0.25, 0.3) is 0 Å². The van der Waals surface area contributed by atoms with E-state index in [2.05, 4.69) is 69.6 Å². The molecule has 0 unspecified atom stereocenters. The highest BCUT2D eigenvalue weighted by Gasteiger charge is 2.05. The number of rotatable bonds is 29. The Morgan fingerprint density at radius 2 is 0.786 bits per heavy atom. The molecule has 0 N–H and O–H groups in total. The van der Waals surface area contributed by atoms with E-state index in [1.807, 2.05) is 0 Å². The fraction of sp³-hybridized carbons (Fsp3) is 0.824. The van der Waals surface area contributed by atoms with E-state index < -0.39 is 0 Å². The average Bonchev–Trinajstić information content (AvgIpc) is 3.62. The molecular formula is C34H64Cl2N4O2. The molecule has 0 aliphatic carbocycles. The van der Waals surface area contributed by atoms with Gasteiger partial charge in [0.15, 0.2) is 13.5 Å². The van der Waals surface area contributed by atoms with Crippen LogP contribution < -0.4 is 33.9 Å². The van der Waals surface area contributed by atoms with Gasteiger partial charge in [0.2, 0.25) is 12.7 Å². The molecular weight excluding hydrogens is 567 g/mol. The van der Waals surface area contributed by atoms with Gasteiger partial charge in [-0.1, -0.05) is 104 Å². The van der Waals surface area contributed by atoms with Gasteiger partial charge in [-0.15, -0.1) is 0 Å². The molecule has 0 radical (unpaired) electrons. The van der Waals surface area contributed by atoms with Crippen LogP contribution in [0.4, 0.5) is 0 Å². The second kappa shape index (κ2) is 30.0. The number of hydrogen-bond donors (Lipinski definition) is 0. The van der Waals surface area contributed by atoms with Crippen molar-refractivity contribution in [2.24, 2.45) is 0 Å². The number of imidazole rings is 2. The maximum absolute atomic E-state index is 5.87. The van der Waals surface area contributed by atoms with E-state index in [0.29, 0.717) is 13.5 Å². The lowest BCUT2D eigenvalue weighted by atomic mass is 10.1. The summed E-state index contributed by atoms with van der Waals surface area (Å²) in [4.78, 5) is 0. The van der Waals surface area contributed by atoms with Crippen LogP contribution in [0.1, 0.15) is 142 Å². The van der Waals surface area contributed by atoms with Crippen LogP contribution in [0.2, 0.25) is 0 Å². The van der Waals surface area contributed by atoms with Gasteiger partial charge < -0.3 is 34.3 Å². The monoisotopic (exact) mass is 630 g/mol. The zero-order chi connectivity index (χ0) is 28.4. The number of aromatic nitrogens is 4. The molecule has 0 atom stereocenters. The average molecular weight is 632 g/mol. The SMILES string of the molecule is CCCCCCCCCCCn1cc[n+](COCCCCOC[n+]2ccn(CCCCCCCCCCC)c2)c1.[Cl-].[Cl-]. The van der Waals surface area contributed by atoms with E-state index in [9.17, 15) is 0 Å². The minimum atomic E-state index is 0. The third-order valence-corrected chi connectivity index (χ3v) is 7.84. The molecule has 2 heterocycles. The second-order valence-electron chi connectivity index (χ2n) is 11.8. The van der Waals surface area contributed by atoms with Gasteiger partial charge in [0.05, 0.1) is 26.3 Å². The van der Waals surface area contributed by atoms with Gasteiger partial charge in [0.1, 0.15) is 24.8 Å². The maximum atomic E-state index is 5.87. The minimum Gasteiger partial charge on any atom is -1.00 e. The molecule has 0 saturated carbocycles. The highest BCUT2D eigenvalue weighted by atomic mass is 35.5. The molecule has 0 aliphatic rings. The Morgan fingerprint density at radius 3 is 1.14 bits per heavy atom. The highest BCUT2D eigenvalue weighted by molar-refractivity contribution is 4.66. The van der Waals surface area contributed by atoms with Crippen molar-refractivity contribution in [3.05, 3.63) is 37.4 Å². The van der Waals surface area contributed by atoms with Crippen LogP contribution in [-0.4, -0.2) is 22.3 Å². The summed E-state index contributed by atoms with van der Waals surface area (Å²) >= 11 is 0. The Labute approximate surface area is 271 Å². The third-order valence-electron chi connectivity index (χ3n) is 7.84. The molecule has 8 heteroatoms. The second-order valence-corrected chi connectivity index (χ2v) is 11.8. The van der Waals surface area contributed by atoms with Crippen molar-refractivity contribution >= 4 is 0 Å². The van der Waals surface area contributed by atoms with Crippen LogP contribution in [0, 0.1) is 0 Å². The van der Waals surface area contributed by atoms with E-state index in [0.717, 1.165) is 39.1 Å². The normalized spacial score (nSPS) is 11.0. The summed E-state index contributed by atoms with van der Waals surface area (Å²) < 4.78 is 20.6. The van der Waals surface area contributed by atoms with Crippen molar-refractivity contribution in [3.63, 3.8) is 0 Å². The smallest absolute Gasteiger partial charge is 0.245 e. The molecule has 6 nitrogen and oxygen atoms in total. The molecule has 0 fully saturated rings. The van der Waals surface area contributed by atoms with Crippen molar-refractivity contribution in [2.75, 3.05) is 13.2 Å². The van der Waals surface area contributed by atoms with Crippen LogP contribution in [-0.2, 0) is 36.0 Å². The fourth-order valence-corrected chi connectivity index (χ4v) is 5.25. The maximum Gasteiger partial charge on any atom is 0.245 e. The van der Waals surface area contributed by atoms with Crippen LogP contribution in [0.15, 0.2) is 37.4 Å². The van der Waals surface area contributed by atoms with Crippen LogP contribution in [0.25, 0.3) is 0 Å². The Balaban J connectivity index is 0.00000840. The lowest BCUT2D eigenvalue weighted by Crippen LogP contribution is -3.00. The van der Waals surface area contributed by atoms with E-state index in [-0.39, 0.29) is 24.8 Å². The van der Waals surface area contributed by atoms with Crippen LogP contribution in [0.5, 0.6) is 0 Å². The molecule has 0 bridgehead atoms. The number of aryl methyl sites for hydroxylation is 2. The fourth-order valence-electron chi connectivity index (χ4n) is 5.25. The summed E-state index contributed by atoms with van der Waals surface area (Å²) in [6.45, 7) is 9.62. The Bertz CT molecular complexity index is 749. The Morgan fingerprint density at radius 1 is 0.452 bits per heavy atom. The first-order chi connectivity index (χ1) is 19.8. The topological polar surface area (TPSA) is 36.1 Å². The summed E-state index contributed by atoms with van der Waals surface area (Å²) in [7, 11) is 0. The molecule has 2 rings (SSSR count). The van der Waals surface area contributed by atoms with Gasteiger partial charge in [-0.05, 0) is 38.5 Å². The predicted octanol–water partition coefficient (Wildman–Crippen LogP) is 2.36. The van der Waals surface area contributed by atoms with E-state index in [1.54, 1.807) is 0 Å². The number of hydrogen-bond acceptors (Lipinski definition) is 2. The molecule has 2 aromatic rings. The third kappa shape index (κ3) is 22.5. The van der Waals surface area contributed by atoms with E-state index in [1.165, 1.54) is 116 Å². The highest BCUT2D eigenvalue weighted by Crippen LogP contribution is 2.11. The van der Waals surface area contributed by atoms with E-state index in [4.69, 9.17) is 9.47 Å². The molecule has 0 spiro atoms. The van der Waals surface area contributed by atoms with Crippen molar-refractivity contribution in [1.29, 1.82) is 0 Å². The van der Waals surface area contributed by atoms with Crippen molar-refractivity contribution in [2.45, 2.75) is 169 Å². The molecule has 42 heavy (non-hydrogen) atoms. The summed E-state index contributed by atoms with van der Waals surface area (Å²) in [5, 5.41) is 0. The quantitative estimate of drug-likeness (QED) is 0.102. The summed E-state index contributed by atoms with van der Waals surface area (Å²) in [6.07, 6.45) is 39.8. The van der Waals surface area contributed by atoms with Crippen LogP contribution in [0.3, 0.4) is 0 Å². The first kappa shape index (κ1) is 40.9. The summed E-state index contributed by atoms with van der Waals surface area (Å²) in [6, 6.07) is 0. The first-order valence-corrected chi connectivity index (χ1v) is 17.1. The van der Waals surface area contributed by atoms with Gasteiger partial charge in [-0.2, -0.15) is 0 Å². The Kier molecular flexibility index (Phi) is 29.2. The molecule has 0 saturated heterocycles. The molecule has 0 amide bonds. The Hall–Kier alpha value is -1.08. The predicted molar refractivity (Wildman–Crippen MR) is 165 cm³/mol. The number of halogens is 2. The van der Waals surface area contributed by atoms with Crippen molar-refractivity contribution < 1.29 is 43.4 Å². The van der Waals surface area contributed by atoms with Gasteiger partial charge in [0, 0.05) is 0 Å². The van der Waals surface area contributed by atoms with Crippen molar-refractivity contribution in [1.82, 2.24) is 9.13 Å². The molecule has 0 aliphatic heterocycles. The zero-order valence-electron chi connectivity index (χ0n) is 27.2. The number of unbranched alkanes of at least 4 members (excludes halogenated alkanes) is 17. The van der Waals surface area contributed by atoms with Gasteiger partial charge in [-0.3, -0.25) is 0 Å². The number of nitrogens with zero attached hydrogens (tertiary/aromatic N) is 4. The molecule has 0 aromatic carbocycles. The zero-order valence-corrected chi connectivity index (χ0v) is 28.7. The molecule has 246 valence electrons. The lowest BCUT2D eigenvalue weighted by molar-refractivity contribution is -0.733.